The average molecular weight is 215 g/mol. The molecule has 1 aromatic carbocycles. The van der Waals surface area contributed by atoms with Crippen LogP contribution in [0.3, 0.4) is 0 Å². The zero-order valence-electron chi connectivity index (χ0n) is 9.59. The topological polar surface area (TPSA) is 61.8 Å². The van der Waals surface area contributed by atoms with Gasteiger partial charge in [0.15, 0.2) is 0 Å². The molecule has 0 amide bonds. The lowest BCUT2D eigenvalue weighted by Gasteiger charge is -2.43. The predicted molar refractivity (Wildman–Crippen MR) is 66.1 cm³/mol. The van der Waals surface area contributed by atoms with Crippen LogP contribution in [0.25, 0.3) is 0 Å². The first kappa shape index (κ1) is 10.8. The molecule has 1 fully saturated rings. The van der Waals surface area contributed by atoms with Gasteiger partial charge in [-0.2, -0.15) is 5.26 Å². The summed E-state index contributed by atoms with van der Waals surface area (Å²) in [7, 11) is 0. The number of anilines is 2. The molecule has 3 nitrogen and oxygen atoms in total. The van der Waals surface area contributed by atoms with Crippen molar-refractivity contribution >= 4 is 11.4 Å². The molecule has 0 atom stereocenters. The Balaban J connectivity index is 2.16. The maximum absolute atomic E-state index is 8.79. The summed E-state index contributed by atoms with van der Waals surface area (Å²) in [5.74, 6) is 0. The summed E-state index contributed by atoms with van der Waals surface area (Å²) >= 11 is 0. The van der Waals surface area contributed by atoms with Crippen LogP contribution in [-0.2, 0) is 0 Å². The summed E-state index contributed by atoms with van der Waals surface area (Å²) in [4.78, 5) is 0. The van der Waals surface area contributed by atoms with Gasteiger partial charge in [-0.15, -0.1) is 0 Å². The largest absolute Gasteiger partial charge is 0.398 e. The molecule has 0 aliphatic heterocycles. The molecule has 3 heteroatoms. The van der Waals surface area contributed by atoms with E-state index in [-0.39, 0.29) is 5.54 Å². The van der Waals surface area contributed by atoms with Crippen molar-refractivity contribution in [3.63, 3.8) is 0 Å². The van der Waals surface area contributed by atoms with Gasteiger partial charge in [0.05, 0.1) is 11.3 Å². The number of benzene rings is 1. The summed E-state index contributed by atoms with van der Waals surface area (Å²) in [5, 5.41) is 12.3. The highest BCUT2D eigenvalue weighted by Crippen LogP contribution is 2.38. The van der Waals surface area contributed by atoms with Gasteiger partial charge in [-0.05, 0) is 43.9 Å². The quantitative estimate of drug-likeness (QED) is 0.762. The van der Waals surface area contributed by atoms with Gasteiger partial charge in [-0.1, -0.05) is 6.92 Å². The zero-order valence-corrected chi connectivity index (χ0v) is 9.59. The molecule has 2 rings (SSSR count). The Bertz CT molecular complexity index is 422. The van der Waals surface area contributed by atoms with Crippen LogP contribution in [0.1, 0.15) is 38.2 Å². The first-order valence-corrected chi connectivity index (χ1v) is 5.77. The van der Waals surface area contributed by atoms with E-state index in [9.17, 15) is 0 Å². The molecule has 1 aliphatic carbocycles. The van der Waals surface area contributed by atoms with Gasteiger partial charge in [0.2, 0.25) is 0 Å². The molecule has 0 aromatic heterocycles. The number of nitrogens with one attached hydrogen (secondary N) is 1. The second-order valence-corrected chi connectivity index (χ2v) is 4.53. The fourth-order valence-corrected chi connectivity index (χ4v) is 2.22. The number of nitrogen functional groups attached to an aromatic ring is 1. The van der Waals surface area contributed by atoms with E-state index < -0.39 is 0 Å². The molecule has 0 heterocycles. The van der Waals surface area contributed by atoms with Gasteiger partial charge in [0, 0.05) is 11.2 Å². The molecule has 0 spiro atoms. The third kappa shape index (κ3) is 1.83. The minimum absolute atomic E-state index is 0.264. The fraction of sp³-hybridized carbons (Fsp3) is 0.462. The van der Waals surface area contributed by atoms with Crippen molar-refractivity contribution in [3.8, 4) is 6.07 Å². The van der Waals surface area contributed by atoms with Crippen molar-refractivity contribution in [2.75, 3.05) is 11.1 Å². The van der Waals surface area contributed by atoms with Gasteiger partial charge in [0.25, 0.3) is 0 Å². The van der Waals surface area contributed by atoms with E-state index >= 15 is 0 Å². The summed E-state index contributed by atoms with van der Waals surface area (Å²) < 4.78 is 0. The predicted octanol–water partition coefficient (Wildman–Crippen LogP) is 2.89. The van der Waals surface area contributed by atoms with Crippen molar-refractivity contribution in [3.05, 3.63) is 23.8 Å². The third-order valence-corrected chi connectivity index (χ3v) is 3.57. The lowest BCUT2D eigenvalue weighted by molar-refractivity contribution is 0.269. The molecule has 0 radical (unpaired) electrons. The average Bonchev–Trinajstić information content (AvgIpc) is 2.24. The van der Waals surface area contributed by atoms with Gasteiger partial charge >= 0.3 is 0 Å². The molecule has 0 bridgehead atoms. The van der Waals surface area contributed by atoms with Gasteiger partial charge in [-0.25, -0.2) is 0 Å². The van der Waals surface area contributed by atoms with Crippen LogP contribution in [0, 0.1) is 11.3 Å². The van der Waals surface area contributed by atoms with Crippen LogP contribution in [-0.4, -0.2) is 5.54 Å². The minimum Gasteiger partial charge on any atom is -0.398 e. The normalized spacial score (nSPS) is 17.2. The van der Waals surface area contributed by atoms with Crippen molar-refractivity contribution in [1.82, 2.24) is 0 Å². The van der Waals surface area contributed by atoms with E-state index in [0.717, 1.165) is 12.1 Å². The first-order chi connectivity index (χ1) is 7.69. The van der Waals surface area contributed by atoms with Crippen LogP contribution in [0.5, 0.6) is 0 Å². The Labute approximate surface area is 96.3 Å². The highest BCUT2D eigenvalue weighted by atomic mass is 15.0. The summed E-state index contributed by atoms with van der Waals surface area (Å²) in [6.45, 7) is 2.21. The lowest BCUT2D eigenvalue weighted by atomic mass is 9.74. The second-order valence-electron chi connectivity index (χ2n) is 4.53. The molecule has 1 aromatic rings. The molecule has 84 valence electrons. The number of hydrogen-bond acceptors (Lipinski definition) is 3. The Morgan fingerprint density at radius 2 is 2.25 bits per heavy atom. The highest BCUT2D eigenvalue weighted by Gasteiger charge is 2.34. The zero-order chi connectivity index (χ0) is 11.6. The first-order valence-electron chi connectivity index (χ1n) is 5.77. The number of nitrogens with zero attached hydrogens (tertiary/aromatic N) is 1. The SMILES string of the molecule is CCC1(Nc2ccc(C#N)c(N)c2)CCC1. The minimum atomic E-state index is 0.264. The van der Waals surface area contributed by atoms with E-state index in [4.69, 9.17) is 11.0 Å². The molecule has 3 N–H and O–H groups in total. The summed E-state index contributed by atoms with van der Waals surface area (Å²) in [5.41, 5.74) is 8.18. The van der Waals surface area contributed by atoms with E-state index in [2.05, 4.69) is 18.3 Å². The maximum Gasteiger partial charge on any atom is 0.101 e. The van der Waals surface area contributed by atoms with Crippen LogP contribution in [0.15, 0.2) is 18.2 Å². The van der Waals surface area contributed by atoms with Gasteiger partial charge < -0.3 is 11.1 Å². The van der Waals surface area contributed by atoms with E-state index in [1.165, 1.54) is 19.3 Å². The second kappa shape index (κ2) is 4.05. The number of nitrogens with two attached hydrogens (primary N) is 1. The fourth-order valence-electron chi connectivity index (χ4n) is 2.22. The van der Waals surface area contributed by atoms with Crippen molar-refractivity contribution in [2.24, 2.45) is 0 Å². The lowest BCUT2D eigenvalue weighted by Crippen LogP contribution is -2.44. The smallest absolute Gasteiger partial charge is 0.101 e. The van der Waals surface area contributed by atoms with Crippen LogP contribution >= 0.6 is 0 Å². The molecular formula is C13H17N3. The summed E-state index contributed by atoms with van der Waals surface area (Å²) in [6, 6.07) is 7.64. The monoisotopic (exact) mass is 215 g/mol. The number of nitriles is 1. The molecule has 1 aliphatic rings. The van der Waals surface area contributed by atoms with Crippen LogP contribution < -0.4 is 11.1 Å². The molecule has 0 saturated heterocycles. The molecule has 1 saturated carbocycles. The standard InChI is InChI=1S/C13H17N3/c1-2-13(6-3-7-13)16-11-5-4-10(9-14)12(15)8-11/h4-5,8,16H,2-3,6-7,15H2,1H3. The molecular weight excluding hydrogens is 198 g/mol. The Hall–Kier alpha value is -1.69. The van der Waals surface area contributed by atoms with Crippen molar-refractivity contribution in [1.29, 1.82) is 5.26 Å². The van der Waals surface area contributed by atoms with Crippen molar-refractivity contribution in [2.45, 2.75) is 38.1 Å². The third-order valence-electron chi connectivity index (χ3n) is 3.57. The van der Waals surface area contributed by atoms with Gasteiger partial charge in [-0.3, -0.25) is 0 Å². The Morgan fingerprint density at radius 1 is 1.50 bits per heavy atom. The number of rotatable bonds is 3. The maximum atomic E-state index is 8.79. The molecule has 0 unspecified atom stereocenters. The number of hydrogen-bond donors (Lipinski definition) is 2. The molecule has 16 heavy (non-hydrogen) atoms. The highest BCUT2D eigenvalue weighted by molar-refractivity contribution is 5.63. The Kier molecular flexibility index (Phi) is 2.74. The van der Waals surface area contributed by atoms with E-state index in [0.29, 0.717) is 11.3 Å². The van der Waals surface area contributed by atoms with Gasteiger partial charge in [0.1, 0.15) is 6.07 Å². The van der Waals surface area contributed by atoms with Crippen LogP contribution in [0.4, 0.5) is 11.4 Å². The Morgan fingerprint density at radius 3 is 2.69 bits per heavy atom. The van der Waals surface area contributed by atoms with E-state index in [1.807, 2.05) is 12.1 Å². The van der Waals surface area contributed by atoms with E-state index in [1.54, 1.807) is 6.07 Å². The van der Waals surface area contributed by atoms with Crippen molar-refractivity contribution < 1.29 is 0 Å². The summed E-state index contributed by atoms with van der Waals surface area (Å²) in [6.07, 6.45) is 4.88. The van der Waals surface area contributed by atoms with Crippen LogP contribution in [0.2, 0.25) is 0 Å².